The van der Waals surface area contributed by atoms with E-state index < -0.39 is 0 Å². The van der Waals surface area contributed by atoms with E-state index in [0.717, 1.165) is 36.4 Å². The predicted octanol–water partition coefficient (Wildman–Crippen LogP) is 2.71. The van der Waals surface area contributed by atoms with Crippen LogP contribution in [0.4, 0.5) is 0 Å². The lowest BCUT2D eigenvalue weighted by Crippen LogP contribution is -2.65. The van der Waals surface area contributed by atoms with Crippen molar-refractivity contribution < 1.29 is 14.3 Å². The van der Waals surface area contributed by atoms with Crippen molar-refractivity contribution in [3.8, 4) is 0 Å². The Balaban J connectivity index is 1.44. The summed E-state index contributed by atoms with van der Waals surface area (Å²) >= 11 is 0. The maximum absolute atomic E-state index is 12.5. The highest BCUT2D eigenvalue weighted by molar-refractivity contribution is 5.89. The van der Waals surface area contributed by atoms with Crippen LogP contribution in [0.2, 0.25) is 0 Å². The third-order valence-corrected chi connectivity index (χ3v) is 8.81. The number of ether oxygens (including phenoxy) is 2. The summed E-state index contributed by atoms with van der Waals surface area (Å²) in [5.74, 6) is 1.71. The first-order valence-electron chi connectivity index (χ1n) is 11.0. The molecule has 1 N–H and O–H groups in total. The Bertz CT molecular complexity index is 649. The molecule has 8 atom stereocenters. The number of rotatable bonds is 1. The lowest BCUT2D eigenvalue weighted by Gasteiger charge is -2.57. The largest absolute Gasteiger partial charge is 0.497 e. The summed E-state index contributed by atoms with van der Waals surface area (Å²) in [4.78, 5) is 15.2. The molecule has 0 aromatic heterocycles. The van der Waals surface area contributed by atoms with E-state index in [0.29, 0.717) is 12.1 Å². The highest BCUT2D eigenvalue weighted by Crippen LogP contribution is 2.52. The van der Waals surface area contributed by atoms with Gasteiger partial charge in [-0.05, 0) is 51.0 Å². The summed E-state index contributed by atoms with van der Waals surface area (Å²) in [6.45, 7) is 6.68. The van der Waals surface area contributed by atoms with Crippen molar-refractivity contribution >= 4 is 5.97 Å². The number of fused-ring (bicyclic) bond motifs is 6. The van der Waals surface area contributed by atoms with Crippen LogP contribution in [-0.4, -0.2) is 55.3 Å². The molecule has 4 heterocycles. The monoisotopic (exact) mass is 374 g/mol. The topological polar surface area (TPSA) is 50.8 Å². The van der Waals surface area contributed by atoms with Gasteiger partial charge in [0.25, 0.3) is 0 Å². The molecule has 1 saturated carbocycles. The molecule has 0 aromatic rings. The van der Waals surface area contributed by atoms with Crippen LogP contribution in [0.3, 0.4) is 0 Å². The van der Waals surface area contributed by atoms with Crippen molar-refractivity contribution in [1.29, 1.82) is 0 Å². The molecule has 1 aliphatic carbocycles. The van der Waals surface area contributed by atoms with E-state index in [1.54, 1.807) is 6.26 Å². The number of nitrogens with one attached hydrogen (secondary N) is 1. The molecular formula is C22H34N2O3. The lowest BCUT2D eigenvalue weighted by molar-refractivity contribution is -0.144. The fourth-order valence-electron chi connectivity index (χ4n) is 7.18. The third-order valence-electron chi connectivity index (χ3n) is 8.81. The molecule has 4 aliphatic heterocycles. The average Bonchev–Trinajstić information content (AvgIpc) is 3.06. The Morgan fingerprint density at radius 3 is 2.93 bits per heavy atom. The summed E-state index contributed by atoms with van der Waals surface area (Å²) in [6, 6.07) is 1.85. The normalized spacial score (nSPS) is 49.0. The Hall–Kier alpha value is -1.07. The van der Waals surface area contributed by atoms with Crippen molar-refractivity contribution in [2.75, 3.05) is 20.2 Å². The van der Waals surface area contributed by atoms with Crippen LogP contribution in [0.5, 0.6) is 0 Å². The molecule has 0 amide bonds. The van der Waals surface area contributed by atoms with E-state index in [1.807, 2.05) is 0 Å². The molecule has 3 saturated heterocycles. The molecule has 0 aromatic carbocycles. The highest BCUT2D eigenvalue weighted by Gasteiger charge is 2.58. The second-order valence-corrected chi connectivity index (χ2v) is 9.87. The Labute approximate surface area is 162 Å². The van der Waals surface area contributed by atoms with E-state index in [9.17, 15) is 4.79 Å². The predicted molar refractivity (Wildman–Crippen MR) is 103 cm³/mol. The Morgan fingerprint density at radius 1 is 1.30 bits per heavy atom. The minimum absolute atomic E-state index is 0.0347. The van der Waals surface area contributed by atoms with Crippen molar-refractivity contribution in [1.82, 2.24) is 10.2 Å². The van der Waals surface area contributed by atoms with Gasteiger partial charge < -0.3 is 14.8 Å². The van der Waals surface area contributed by atoms with Gasteiger partial charge in [-0.2, -0.15) is 0 Å². The molecular weight excluding hydrogens is 340 g/mol. The average molecular weight is 375 g/mol. The van der Waals surface area contributed by atoms with E-state index in [1.165, 1.54) is 45.8 Å². The van der Waals surface area contributed by atoms with Crippen LogP contribution in [0.1, 0.15) is 52.4 Å². The molecule has 150 valence electrons. The summed E-state index contributed by atoms with van der Waals surface area (Å²) < 4.78 is 11.0. The van der Waals surface area contributed by atoms with Gasteiger partial charge in [0.15, 0.2) is 0 Å². The van der Waals surface area contributed by atoms with Crippen LogP contribution in [0.15, 0.2) is 11.8 Å². The smallest absolute Gasteiger partial charge is 0.337 e. The van der Waals surface area contributed by atoms with Crippen LogP contribution < -0.4 is 5.32 Å². The van der Waals surface area contributed by atoms with Crippen LogP contribution in [-0.2, 0) is 14.3 Å². The number of methoxy groups -OCH3 is 1. The van der Waals surface area contributed by atoms with Gasteiger partial charge in [-0.1, -0.05) is 19.8 Å². The summed E-state index contributed by atoms with van der Waals surface area (Å²) in [5, 5.41) is 4.06. The first kappa shape index (κ1) is 18.0. The van der Waals surface area contributed by atoms with E-state index in [4.69, 9.17) is 9.47 Å². The zero-order valence-corrected chi connectivity index (χ0v) is 16.9. The van der Waals surface area contributed by atoms with Crippen molar-refractivity contribution in [2.24, 2.45) is 23.2 Å². The number of hydrogen-bond donors (Lipinski definition) is 1. The molecule has 8 unspecified atom stereocenters. The van der Waals surface area contributed by atoms with Crippen LogP contribution >= 0.6 is 0 Å². The lowest BCUT2D eigenvalue weighted by atomic mass is 9.61. The maximum Gasteiger partial charge on any atom is 0.337 e. The van der Waals surface area contributed by atoms with Gasteiger partial charge in [0, 0.05) is 36.0 Å². The van der Waals surface area contributed by atoms with E-state index >= 15 is 0 Å². The second-order valence-electron chi connectivity index (χ2n) is 9.87. The Morgan fingerprint density at radius 2 is 2.11 bits per heavy atom. The van der Waals surface area contributed by atoms with Gasteiger partial charge in [0.1, 0.15) is 6.10 Å². The van der Waals surface area contributed by atoms with Gasteiger partial charge in [-0.3, -0.25) is 4.90 Å². The van der Waals surface area contributed by atoms with Gasteiger partial charge in [-0.15, -0.1) is 0 Å². The summed E-state index contributed by atoms with van der Waals surface area (Å²) in [5.41, 5.74) is 0.711. The van der Waals surface area contributed by atoms with Gasteiger partial charge >= 0.3 is 5.97 Å². The summed E-state index contributed by atoms with van der Waals surface area (Å²) in [6.07, 6.45) is 9.73. The van der Waals surface area contributed by atoms with E-state index in [2.05, 4.69) is 24.1 Å². The molecule has 5 heteroatoms. The number of nitrogens with zero attached hydrogens (tertiary/aromatic N) is 1. The molecule has 4 fully saturated rings. The number of carbonyl (C=O) groups is 1. The van der Waals surface area contributed by atoms with Gasteiger partial charge in [-0.25, -0.2) is 4.79 Å². The van der Waals surface area contributed by atoms with Crippen LogP contribution in [0.25, 0.3) is 0 Å². The number of esters is 1. The van der Waals surface area contributed by atoms with Crippen LogP contribution in [0, 0.1) is 23.2 Å². The Kier molecular flexibility index (Phi) is 4.32. The zero-order valence-electron chi connectivity index (χ0n) is 16.9. The SMILES string of the molecule is COC(=O)C1=COC(C)C2(C)CN3CCC4C5CCCCC5NC4C3CC12. The molecule has 5 aliphatic rings. The number of hydrogen-bond acceptors (Lipinski definition) is 5. The minimum Gasteiger partial charge on any atom is -0.497 e. The molecule has 0 bridgehead atoms. The standard InChI is InChI=1S/C22H34N2O3/c1-13-22(2)12-24-9-8-15-14-6-4-5-7-18(14)23-20(15)19(24)10-17(22)16(11-27-13)21(25)26-3/h11,13-15,17-20,23H,4-10,12H2,1-3H3. The zero-order chi connectivity index (χ0) is 18.8. The molecule has 0 radical (unpaired) electrons. The molecule has 5 nitrogen and oxygen atoms in total. The van der Waals surface area contributed by atoms with Crippen molar-refractivity contribution in [3.63, 3.8) is 0 Å². The van der Waals surface area contributed by atoms with E-state index in [-0.39, 0.29) is 23.4 Å². The first-order valence-corrected chi connectivity index (χ1v) is 11.0. The third kappa shape index (κ3) is 2.61. The quantitative estimate of drug-likeness (QED) is 0.715. The minimum atomic E-state index is -0.216. The second kappa shape index (κ2) is 6.48. The summed E-state index contributed by atoms with van der Waals surface area (Å²) in [7, 11) is 1.48. The number of piperidine rings is 2. The molecule has 27 heavy (non-hydrogen) atoms. The number of carbonyl (C=O) groups excluding carboxylic acids is 1. The highest BCUT2D eigenvalue weighted by atomic mass is 16.5. The fourth-order valence-corrected chi connectivity index (χ4v) is 7.18. The fraction of sp³-hybridized carbons (Fsp3) is 0.864. The van der Waals surface area contributed by atoms with Crippen molar-refractivity contribution in [3.05, 3.63) is 11.8 Å². The molecule has 0 spiro atoms. The van der Waals surface area contributed by atoms with Gasteiger partial charge in [0.2, 0.25) is 0 Å². The maximum atomic E-state index is 12.5. The van der Waals surface area contributed by atoms with Crippen molar-refractivity contribution in [2.45, 2.75) is 76.6 Å². The first-order chi connectivity index (χ1) is 13.0. The van der Waals surface area contributed by atoms with Gasteiger partial charge in [0.05, 0.1) is 18.9 Å². The molecule has 5 rings (SSSR count).